The Kier molecular flexibility index (Phi) is 7.79. The van der Waals surface area contributed by atoms with Crippen LogP contribution in [0.3, 0.4) is 0 Å². The third-order valence-electron chi connectivity index (χ3n) is 6.21. The topological polar surface area (TPSA) is 79.8 Å². The molecule has 0 saturated carbocycles. The first-order valence-electron chi connectivity index (χ1n) is 11.9. The number of amides is 1. The minimum Gasteiger partial charge on any atom is -0.454 e. The molecule has 0 aliphatic carbocycles. The highest BCUT2D eigenvalue weighted by Crippen LogP contribution is 2.33. The van der Waals surface area contributed by atoms with Crippen LogP contribution in [0.2, 0.25) is 5.15 Å². The van der Waals surface area contributed by atoms with E-state index in [1.807, 2.05) is 43.3 Å². The van der Waals surface area contributed by atoms with E-state index in [1.54, 1.807) is 6.07 Å². The molecule has 1 amide bonds. The fraction of sp³-hybridized carbons (Fsp3) is 0.346. The van der Waals surface area contributed by atoms with Crippen LogP contribution in [0.1, 0.15) is 24.1 Å². The number of hydrogen-bond acceptors (Lipinski definition) is 8. The molecule has 0 bridgehead atoms. The quantitative estimate of drug-likeness (QED) is 0.267. The molecule has 1 atom stereocenters. The highest BCUT2D eigenvalue weighted by Gasteiger charge is 2.21. The monoisotopic (exact) mass is 525 g/mol. The summed E-state index contributed by atoms with van der Waals surface area (Å²) < 4.78 is 10.9. The Morgan fingerprint density at radius 2 is 1.83 bits per heavy atom. The predicted molar refractivity (Wildman–Crippen MR) is 141 cm³/mol. The second-order valence-corrected chi connectivity index (χ2v) is 10.1. The molecule has 2 aliphatic heterocycles. The van der Waals surface area contributed by atoms with E-state index >= 15 is 0 Å². The van der Waals surface area contributed by atoms with Gasteiger partial charge in [-0.05, 0) is 30.2 Å². The number of benzene rings is 2. The average Bonchev–Trinajstić information content (AvgIpc) is 3.36. The van der Waals surface area contributed by atoms with Gasteiger partial charge in [0.05, 0.1) is 11.8 Å². The van der Waals surface area contributed by atoms with Crippen LogP contribution >= 0.6 is 23.4 Å². The lowest BCUT2D eigenvalue weighted by Crippen LogP contribution is -2.46. The first-order chi connectivity index (χ1) is 17.5. The molecule has 188 valence electrons. The molecule has 1 N–H and O–H groups in total. The van der Waals surface area contributed by atoms with Crippen LogP contribution in [0.4, 0.5) is 5.82 Å². The van der Waals surface area contributed by atoms with E-state index in [9.17, 15) is 4.79 Å². The molecular weight excluding hydrogens is 498 g/mol. The van der Waals surface area contributed by atoms with E-state index in [1.165, 1.54) is 17.3 Å². The van der Waals surface area contributed by atoms with E-state index in [2.05, 4.69) is 37.2 Å². The van der Waals surface area contributed by atoms with Crippen molar-refractivity contribution in [2.75, 3.05) is 43.6 Å². The molecule has 0 spiro atoms. The van der Waals surface area contributed by atoms with Crippen molar-refractivity contribution in [3.05, 3.63) is 70.9 Å². The molecular formula is C26H28ClN5O3S. The largest absolute Gasteiger partial charge is 0.454 e. The number of aromatic nitrogens is 2. The van der Waals surface area contributed by atoms with E-state index < -0.39 is 0 Å². The number of hydrogen-bond donors (Lipinski definition) is 1. The number of ether oxygens (including phenoxy) is 2. The molecule has 3 aromatic rings. The third kappa shape index (κ3) is 6.21. The maximum absolute atomic E-state index is 12.5. The van der Waals surface area contributed by atoms with Gasteiger partial charge in [0.1, 0.15) is 11.0 Å². The first kappa shape index (κ1) is 24.7. The van der Waals surface area contributed by atoms with Crippen LogP contribution in [-0.2, 0) is 11.3 Å². The Balaban J connectivity index is 1.13. The summed E-state index contributed by atoms with van der Waals surface area (Å²) in [6.07, 6.45) is 0. The summed E-state index contributed by atoms with van der Waals surface area (Å²) >= 11 is 7.60. The summed E-state index contributed by atoms with van der Waals surface area (Å²) in [7, 11) is 0. The van der Waals surface area contributed by atoms with E-state index in [0.29, 0.717) is 10.3 Å². The lowest BCUT2D eigenvalue weighted by molar-refractivity contribution is -0.119. The number of rotatable bonds is 8. The summed E-state index contributed by atoms with van der Waals surface area (Å²) in [4.78, 5) is 26.1. The van der Waals surface area contributed by atoms with Crippen LogP contribution in [0.25, 0.3) is 0 Å². The smallest absolute Gasteiger partial charge is 0.231 e. The van der Waals surface area contributed by atoms with Crippen molar-refractivity contribution in [2.45, 2.75) is 24.7 Å². The number of piperazine rings is 1. The molecule has 1 unspecified atom stereocenters. The molecule has 0 radical (unpaired) electrons. The summed E-state index contributed by atoms with van der Waals surface area (Å²) in [5.74, 6) is 2.56. The highest BCUT2D eigenvalue weighted by molar-refractivity contribution is 7.99. The van der Waals surface area contributed by atoms with Gasteiger partial charge in [-0.15, -0.1) is 0 Å². The Hall–Kier alpha value is -3.01. The zero-order valence-corrected chi connectivity index (χ0v) is 21.6. The van der Waals surface area contributed by atoms with E-state index in [0.717, 1.165) is 55.6 Å². The van der Waals surface area contributed by atoms with Crippen LogP contribution in [0.15, 0.2) is 59.8 Å². The molecule has 36 heavy (non-hydrogen) atoms. The molecule has 10 heteroatoms. The van der Waals surface area contributed by atoms with Crippen molar-refractivity contribution >= 4 is 35.1 Å². The zero-order valence-electron chi connectivity index (χ0n) is 20.0. The highest BCUT2D eigenvalue weighted by atomic mass is 35.5. The van der Waals surface area contributed by atoms with Crippen LogP contribution in [-0.4, -0.2) is 59.5 Å². The van der Waals surface area contributed by atoms with E-state index in [4.69, 9.17) is 21.1 Å². The number of carbonyl (C=O) groups is 1. The van der Waals surface area contributed by atoms with Crippen molar-refractivity contribution in [2.24, 2.45) is 0 Å². The normalized spacial score (nSPS) is 16.1. The number of anilines is 1. The van der Waals surface area contributed by atoms with Gasteiger partial charge in [0.2, 0.25) is 12.7 Å². The van der Waals surface area contributed by atoms with Crippen molar-refractivity contribution in [3.63, 3.8) is 0 Å². The summed E-state index contributed by atoms with van der Waals surface area (Å²) in [6, 6.07) is 17.7. The molecule has 3 heterocycles. The standard InChI is InChI=1S/C26H28ClN5O3S/c1-18(20-5-3-2-4-6-20)28-25(33)16-36-26-29-23(27)14-24(30-26)32-11-9-31(10-12-32)15-19-7-8-21-22(13-19)35-17-34-21/h2-8,13-14,18H,9-12,15-17H2,1H3,(H,28,33). The molecule has 5 rings (SSSR count). The molecule has 2 aliphatic rings. The van der Waals surface area contributed by atoms with Crippen molar-refractivity contribution in [3.8, 4) is 11.5 Å². The van der Waals surface area contributed by atoms with Gasteiger partial charge >= 0.3 is 0 Å². The van der Waals surface area contributed by atoms with Gasteiger partial charge in [-0.2, -0.15) is 0 Å². The number of halogens is 1. The van der Waals surface area contributed by atoms with E-state index in [-0.39, 0.29) is 24.5 Å². The molecule has 1 aromatic heterocycles. The lowest BCUT2D eigenvalue weighted by atomic mass is 10.1. The van der Waals surface area contributed by atoms with Gasteiger partial charge in [-0.25, -0.2) is 9.97 Å². The van der Waals surface area contributed by atoms with Gasteiger partial charge < -0.3 is 19.7 Å². The predicted octanol–water partition coefficient (Wildman–Crippen LogP) is 4.15. The van der Waals surface area contributed by atoms with Crippen LogP contribution < -0.4 is 19.7 Å². The number of carbonyl (C=O) groups excluding carboxylic acids is 1. The summed E-state index contributed by atoms with van der Waals surface area (Å²) in [5.41, 5.74) is 2.27. The average molecular weight is 526 g/mol. The van der Waals surface area contributed by atoms with Gasteiger partial charge in [0.15, 0.2) is 16.7 Å². The first-order valence-corrected chi connectivity index (χ1v) is 13.3. The fourth-order valence-electron chi connectivity index (χ4n) is 4.28. The number of thioether (sulfide) groups is 1. The molecule has 1 fully saturated rings. The fourth-order valence-corrected chi connectivity index (χ4v) is 5.18. The maximum atomic E-state index is 12.5. The number of fused-ring (bicyclic) bond motifs is 1. The zero-order chi connectivity index (χ0) is 24.9. The van der Waals surface area contributed by atoms with Crippen molar-refractivity contribution in [1.29, 1.82) is 0 Å². The summed E-state index contributed by atoms with van der Waals surface area (Å²) in [5, 5.41) is 3.90. The van der Waals surface area contributed by atoms with Crippen LogP contribution in [0.5, 0.6) is 11.5 Å². The Bertz CT molecular complexity index is 1210. The van der Waals surface area contributed by atoms with Crippen LogP contribution in [0, 0.1) is 0 Å². The van der Waals surface area contributed by atoms with Crippen molar-refractivity contribution in [1.82, 2.24) is 20.2 Å². The van der Waals surface area contributed by atoms with Gasteiger partial charge in [-0.1, -0.05) is 59.8 Å². The second-order valence-electron chi connectivity index (χ2n) is 8.77. The van der Waals surface area contributed by atoms with Gasteiger partial charge in [0, 0.05) is 38.8 Å². The molecule has 2 aromatic carbocycles. The maximum Gasteiger partial charge on any atom is 0.231 e. The second kappa shape index (κ2) is 11.4. The molecule has 8 nitrogen and oxygen atoms in total. The van der Waals surface area contributed by atoms with Crippen molar-refractivity contribution < 1.29 is 14.3 Å². The Morgan fingerprint density at radius 1 is 1.06 bits per heavy atom. The van der Waals surface area contributed by atoms with Gasteiger partial charge in [-0.3, -0.25) is 9.69 Å². The Morgan fingerprint density at radius 3 is 2.64 bits per heavy atom. The van der Waals surface area contributed by atoms with Gasteiger partial charge in [0.25, 0.3) is 0 Å². The Labute approximate surface area is 220 Å². The lowest BCUT2D eigenvalue weighted by Gasteiger charge is -2.35. The summed E-state index contributed by atoms with van der Waals surface area (Å²) in [6.45, 7) is 6.58. The third-order valence-corrected chi connectivity index (χ3v) is 7.25. The number of nitrogens with zero attached hydrogens (tertiary/aromatic N) is 4. The molecule has 1 saturated heterocycles. The SMILES string of the molecule is CC(NC(=O)CSc1nc(Cl)cc(N2CCN(Cc3ccc4c(c3)OCO4)CC2)n1)c1ccccc1. The minimum atomic E-state index is -0.0707. The minimum absolute atomic E-state index is 0.0656. The number of nitrogens with one attached hydrogen (secondary N) is 1.